The summed E-state index contributed by atoms with van der Waals surface area (Å²) in [7, 11) is 0. The Bertz CT molecular complexity index is 1270. The molecule has 4 aromatic rings. The first-order valence-corrected chi connectivity index (χ1v) is 9.07. The number of fused-ring (bicyclic) bond motifs is 3. The van der Waals surface area contributed by atoms with Crippen LogP contribution in [0, 0.1) is 25.2 Å². The summed E-state index contributed by atoms with van der Waals surface area (Å²) in [6, 6.07) is 13.0. The summed E-state index contributed by atoms with van der Waals surface area (Å²) in [5.41, 5.74) is 3.19. The van der Waals surface area contributed by atoms with Crippen molar-refractivity contribution in [2.24, 2.45) is 0 Å². The van der Waals surface area contributed by atoms with Gasteiger partial charge in [0.05, 0.1) is 10.2 Å². The number of halogens is 1. The van der Waals surface area contributed by atoms with Crippen LogP contribution < -0.4 is 10.9 Å². The summed E-state index contributed by atoms with van der Waals surface area (Å²) < 4.78 is 2.54. The number of nitriles is 1. The Balaban J connectivity index is 2.01. The van der Waals surface area contributed by atoms with Crippen LogP contribution in [-0.2, 0) is 0 Å². The molecule has 2 aromatic heterocycles. The summed E-state index contributed by atoms with van der Waals surface area (Å²) in [6.45, 7) is 3.95. The van der Waals surface area contributed by atoms with Gasteiger partial charge in [-0.15, -0.1) is 0 Å². The zero-order chi connectivity index (χ0) is 18.4. The van der Waals surface area contributed by atoms with Crippen molar-refractivity contribution in [3.05, 3.63) is 68.5 Å². The van der Waals surface area contributed by atoms with Crippen LogP contribution in [-0.4, -0.2) is 9.38 Å². The second kappa shape index (κ2) is 6.13. The normalized spacial score (nSPS) is 11.0. The summed E-state index contributed by atoms with van der Waals surface area (Å²) in [6.07, 6.45) is 0. The highest BCUT2D eigenvalue weighted by molar-refractivity contribution is 7.23. The summed E-state index contributed by atoms with van der Waals surface area (Å²) in [5.74, 6) is 0.252. The smallest absolute Gasteiger partial charge is 0.279 e. The van der Waals surface area contributed by atoms with E-state index in [2.05, 4.69) is 10.3 Å². The van der Waals surface area contributed by atoms with E-state index >= 15 is 0 Å². The second-order valence-corrected chi connectivity index (χ2v) is 7.40. The highest BCUT2D eigenvalue weighted by Gasteiger charge is 2.18. The van der Waals surface area contributed by atoms with Crippen molar-refractivity contribution in [1.82, 2.24) is 9.38 Å². The molecule has 0 unspecified atom stereocenters. The molecule has 0 aliphatic carbocycles. The molecule has 7 heteroatoms. The summed E-state index contributed by atoms with van der Waals surface area (Å²) in [4.78, 5) is 18.1. The average molecular weight is 381 g/mol. The molecule has 0 aliphatic heterocycles. The number of nitrogens with one attached hydrogen (secondary N) is 1. The van der Waals surface area contributed by atoms with Crippen LogP contribution in [0.2, 0.25) is 5.02 Å². The fourth-order valence-corrected chi connectivity index (χ4v) is 4.19. The van der Waals surface area contributed by atoms with Crippen molar-refractivity contribution in [1.29, 1.82) is 5.26 Å². The Morgan fingerprint density at radius 3 is 2.54 bits per heavy atom. The molecule has 0 fully saturated rings. The van der Waals surface area contributed by atoms with Crippen LogP contribution in [0.4, 0.5) is 11.5 Å². The van der Waals surface area contributed by atoms with Gasteiger partial charge in [0.25, 0.3) is 5.56 Å². The Morgan fingerprint density at radius 1 is 1.15 bits per heavy atom. The molecule has 0 radical (unpaired) electrons. The van der Waals surface area contributed by atoms with E-state index in [1.54, 1.807) is 24.3 Å². The number of aromatic nitrogens is 2. The van der Waals surface area contributed by atoms with Gasteiger partial charge in [-0.3, -0.25) is 4.79 Å². The van der Waals surface area contributed by atoms with Crippen molar-refractivity contribution >= 4 is 49.6 Å². The zero-order valence-electron chi connectivity index (χ0n) is 14.0. The first-order valence-electron chi connectivity index (χ1n) is 7.88. The lowest BCUT2D eigenvalue weighted by atomic mass is 10.1. The predicted octanol–water partition coefficient (Wildman–Crippen LogP) is 4.79. The average Bonchev–Trinajstić information content (AvgIpc) is 3.01. The van der Waals surface area contributed by atoms with Crippen LogP contribution >= 0.6 is 22.9 Å². The minimum atomic E-state index is -0.367. The monoisotopic (exact) mass is 380 g/mol. The van der Waals surface area contributed by atoms with Gasteiger partial charge in [0.15, 0.2) is 16.3 Å². The molecule has 0 atom stereocenters. The summed E-state index contributed by atoms with van der Waals surface area (Å²) >= 11 is 7.35. The lowest BCUT2D eigenvalue weighted by molar-refractivity contribution is 1.09. The second-order valence-electron chi connectivity index (χ2n) is 5.98. The van der Waals surface area contributed by atoms with E-state index in [0.29, 0.717) is 15.7 Å². The van der Waals surface area contributed by atoms with Gasteiger partial charge in [0.2, 0.25) is 0 Å². The third kappa shape index (κ3) is 2.53. The summed E-state index contributed by atoms with van der Waals surface area (Å²) in [5, 5.41) is 13.2. The topological polar surface area (TPSA) is 70.2 Å². The van der Waals surface area contributed by atoms with Crippen molar-refractivity contribution in [2.45, 2.75) is 13.8 Å². The minimum absolute atomic E-state index is 0.0157. The first kappa shape index (κ1) is 16.6. The van der Waals surface area contributed by atoms with Crippen LogP contribution in [0.3, 0.4) is 0 Å². The fourth-order valence-electron chi connectivity index (χ4n) is 2.90. The Hall–Kier alpha value is -2.88. The first-order chi connectivity index (χ1) is 12.5. The van der Waals surface area contributed by atoms with E-state index in [-0.39, 0.29) is 16.9 Å². The molecule has 2 heterocycles. The van der Waals surface area contributed by atoms with Crippen LogP contribution in [0.15, 0.2) is 41.2 Å². The van der Waals surface area contributed by atoms with Crippen molar-refractivity contribution in [3.8, 4) is 6.07 Å². The highest BCUT2D eigenvalue weighted by atomic mass is 35.5. The van der Waals surface area contributed by atoms with E-state index in [0.717, 1.165) is 21.3 Å². The molecule has 0 spiro atoms. The van der Waals surface area contributed by atoms with Crippen molar-refractivity contribution < 1.29 is 0 Å². The van der Waals surface area contributed by atoms with E-state index in [4.69, 9.17) is 11.6 Å². The van der Waals surface area contributed by atoms with Gasteiger partial charge in [-0.2, -0.15) is 5.26 Å². The molecule has 1 N–H and O–H groups in total. The van der Waals surface area contributed by atoms with Gasteiger partial charge in [-0.1, -0.05) is 35.1 Å². The van der Waals surface area contributed by atoms with Gasteiger partial charge < -0.3 is 5.32 Å². The number of hydrogen-bond donors (Lipinski definition) is 1. The maximum atomic E-state index is 13.0. The van der Waals surface area contributed by atoms with Crippen molar-refractivity contribution in [2.75, 3.05) is 5.32 Å². The van der Waals surface area contributed by atoms with E-state index in [1.807, 2.05) is 32.0 Å². The number of rotatable bonds is 2. The number of benzene rings is 2. The van der Waals surface area contributed by atoms with Crippen LogP contribution in [0.1, 0.15) is 16.7 Å². The third-order valence-electron chi connectivity index (χ3n) is 4.22. The molecule has 0 saturated carbocycles. The maximum absolute atomic E-state index is 13.0. The highest BCUT2D eigenvalue weighted by Crippen LogP contribution is 2.31. The lowest BCUT2D eigenvalue weighted by Gasteiger charge is -2.08. The van der Waals surface area contributed by atoms with Crippen LogP contribution in [0.25, 0.3) is 15.2 Å². The Kier molecular flexibility index (Phi) is 3.91. The minimum Gasteiger partial charge on any atom is -0.339 e. The Morgan fingerprint density at radius 2 is 1.85 bits per heavy atom. The number of anilines is 2. The van der Waals surface area contributed by atoms with Gasteiger partial charge >= 0.3 is 0 Å². The van der Waals surface area contributed by atoms with E-state index in [1.165, 1.54) is 15.7 Å². The van der Waals surface area contributed by atoms with Gasteiger partial charge in [-0.25, -0.2) is 9.38 Å². The van der Waals surface area contributed by atoms with Crippen LogP contribution in [0.5, 0.6) is 0 Å². The number of nitrogens with zero attached hydrogens (tertiary/aromatic N) is 3. The molecule has 0 bridgehead atoms. The molecule has 26 heavy (non-hydrogen) atoms. The van der Waals surface area contributed by atoms with Gasteiger partial charge in [-0.05, 0) is 49.2 Å². The van der Waals surface area contributed by atoms with E-state index in [9.17, 15) is 10.1 Å². The zero-order valence-corrected chi connectivity index (χ0v) is 15.6. The SMILES string of the molecule is Cc1ccc(C)c2c1sc1nc(Nc3ccc(Cl)cc3)c(C#N)c(=O)n12. The largest absolute Gasteiger partial charge is 0.339 e. The van der Waals surface area contributed by atoms with Gasteiger partial charge in [0.1, 0.15) is 6.07 Å². The van der Waals surface area contributed by atoms with Crippen molar-refractivity contribution in [3.63, 3.8) is 0 Å². The molecule has 128 valence electrons. The number of hydrogen-bond acceptors (Lipinski definition) is 5. The number of aryl methyl sites for hydroxylation is 2. The fraction of sp³-hybridized carbons (Fsp3) is 0.105. The van der Waals surface area contributed by atoms with Gasteiger partial charge in [0, 0.05) is 10.7 Å². The third-order valence-corrected chi connectivity index (χ3v) is 5.65. The quantitative estimate of drug-likeness (QED) is 0.542. The maximum Gasteiger partial charge on any atom is 0.279 e. The predicted molar refractivity (Wildman–Crippen MR) is 106 cm³/mol. The molecular weight excluding hydrogens is 368 g/mol. The molecule has 5 nitrogen and oxygen atoms in total. The molecule has 4 rings (SSSR count). The molecule has 0 aliphatic rings. The number of thiazole rings is 1. The Labute approximate surface area is 158 Å². The molecular formula is C19H13ClN4OS. The lowest BCUT2D eigenvalue weighted by Crippen LogP contribution is -2.19. The molecule has 0 saturated heterocycles. The van der Waals surface area contributed by atoms with E-state index < -0.39 is 0 Å². The standard InChI is InChI=1S/C19H13ClN4OS/c1-10-3-4-11(2)16-15(10)24-18(25)14(9-21)17(23-19(24)26-16)22-13-7-5-12(20)6-8-13/h3-8,22H,1-2H3. The molecule has 0 amide bonds. The molecule has 2 aromatic carbocycles.